The molecule has 0 bridgehead atoms. The van der Waals surface area contributed by atoms with Crippen molar-refractivity contribution < 1.29 is 4.79 Å². The average Bonchev–Trinajstić information content (AvgIpc) is 2.56. The Balaban J connectivity index is 0.00000288. The number of nitrogens with zero attached hydrogens (tertiary/aromatic N) is 1. The number of nitrogens with two attached hydrogens (primary N) is 1. The maximum atomic E-state index is 12.3. The fourth-order valence-corrected chi connectivity index (χ4v) is 2.51. The predicted molar refractivity (Wildman–Crippen MR) is 102 cm³/mol. The Morgan fingerprint density at radius 2 is 1.79 bits per heavy atom. The lowest BCUT2D eigenvalue weighted by Crippen LogP contribution is -2.36. The third kappa shape index (κ3) is 6.71. The maximum Gasteiger partial charge on any atom is 0.238 e. The second kappa shape index (κ2) is 10.8. The molecule has 0 saturated carbocycles. The lowest BCUT2D eigenvalue weighted by atomic mass is 10.1. The Bertz CT molecular complexity index is 619. The fraction of sp³-hybridized carbons (Fsp3) is 0.316. The minimum Gasteiger partial charge on any atom is -0.329 e. The zero-order chi connectivity index (χ0) is 16.5. The summed E-state index contributed by atoms with van der Waals surface area (Å²) in [6, 6.07) is 18.1. The molecule has 1 amide bonds. The molecule has 3 N–H and O–H groups in total. The van der Waals surface area contributed by atoms with Crippen LogP contribution < -0.4 is 11.1 Å². The van der Waals surface area contributed by atoms with Gasteiger partial charge in [-0.15, -0.1) is 12.4 Å². The van der Waals surface area contributed by atoms with Crippen LogP contribution in [0.2, 0.25) is 0 Å². The molecular weight excluding hydrogens is 322 g/mol. The van der Waals surface area contributed by atoms with Gasteiger partial charge in [-0.3, -0.25) is 9.69 Å². The lowest BCUT2D eigenvalue weighted by molar-refractivity contribution is -0.117. The molecule has 0 radical (unpaired) electrons. The Morgan fingerprint density at radius 3 is 2.46 bits per heavy atom. The van der Waals surface area contributed by atoms with Crippen LogP contribution in [0, 0.1) is 0 Å². The molecule has 2 aromatic rings. The third-order valence-corrected chi connectivity index (χ3v) is 3.68. The van der Waals surface area contributed by atoms with Gasteiger partial charge in [0.15, 0.2) is 0 Å². The molecule has 0 saturated heterocycles. The highest BCUT2D eigenvalue weighted by Gasteiger charge is 2.11. The van der Waals surface area contributed by atoms with Gasteiger partial charge in [0.1, 0.15) is 0 Å². The zero-order valence-electron chi connectivity index (χ0n) is 14.1. The lowest BCUT2D eigenvalue weighted by Gasteiger charge is -2.21. The van der Waals surface area contributed by atoms with E-state index >= 15 is 0 Å². The van der Waals surface area contributed by atoms with Crippen molar-refractivity contribution in [2.75, 3.05) is 25.0 Å². The molecule has 130 valence electrons. The molecule has 0 fully saturated rings. The molecule has 24 heavy (non-hydrogen) atoms. The summed E-state index contributed by atoms with van der Waals surface area (Å²) in [7, 11) is 0. The smallest absolute Gasteiger partial charge is 0.238 e. The van der Waals surface area contributed by atoms with Gasteiger partial charge in [-0.1, -0.05) is 49.4 Å². The van der Waals surface area contributed by atoms with Crippen LogP contribution in [0.1, 0.15) is 18.1 Å². The third-order valence-electron chi connectivity index (χ3n) is 3.68. The minimum atomic E-state index is -0.0114. The van der Waals surface area contributed by atoms with E-state index in [0.717, 1.165) is 18.7 Å². The Kier molecular flexibility index (Phi) is 9.08. The first-order valence-electron chi connectivity index (χ1n) is 8.06. The second-order valence-electron chi connectivity index (χ2n) is 5.59. The molecule has 2 rings (SSSR count). The van der Waals surface area contributed by atoms with Gasteiger partial charge in [0.05, 0.1) is 6.54 Å². The molecule has 0 unspecified atom stereocenters. The van der Waals surface area contributed by atoms with Crippen LogP contribution in [0.5, 0.6) is 0 Å². The number of amides is 1. The van der Waals surface area contributed by atoms with E-state index in [1.165, 1.54) is 11.1 Å². The summed E-state index contributed by atoms with van der Waals surface area (Å²) < 4.78 is 0. The summed E-state index contributed by atoms with van der Waals surface area (Å²) in [6.07, 6.45) is 0.955. The molecule has 0 aromatic heterocycles. The molecule has 5 heteroatoms. The van der Waals surface area contributed by atoms with E-state index in [0.29, 0.717) is 19.6 Å². The quantitative estimate of drug-likeness (QED) is 0.771. The van der Waals surface area contributed by atoms with Crippen LogP contribution in [0.15, 0.2) is 54.6 Å². The van der Waals surface area contributed by atoms with Gasteiger partial charge in [-0.25, -0.2) is 0 Å². The van der Waals surface area contributed by atoms with E-state index in [-0.39, 0.29) is 18.3 Å². The van der Waals surface area contributed by atoms with Crippen molar-refractivity contribution in [1.82, 2.24) is 4.90 Å². The molecule has 0 aliphatic carbocycles. The minimum absolute atomic E-state index is 0. The van der Waals surface area contributed by atoms with Gasteiger partial charge in [-0.2, -0.15) is 0 Å². The number of hydrogen-bond acceptors (Lipinski definition) is 3. The Hall–Kier alpha value is -1.88. The molecule has 0 spiro atoms. The summed E-state index contributed by atoms with van der Waals surface area (Å²) >= 11 is 0. The van der Waals surface area contributed by atoms with E-state index < -0.39 is 0 Å². The van der Waals surface area contributed by atoms with Crippen molar-refractivity contribution in [2.24, 2.45) is 5.73 Å². The van der Waals surface area contributed by atoms with Gasteiger partial charge in [0.25, 0.3) is 0 Å². The summed E-state index contributed by atoms with van der Waals surface area (Å²) in [4.78, 5) is 14.4. The summed E-state index contributed by atoms with van der Waals surface area (Å²) in [5.41, 5.74) is 8.92. The average molecular weight is 348 g/mol. The summed E-state index contributed by atoms with van der Waals surface area (Å²) in [5.74, 6) is -0.0114. The molecular formula is C19H26ClN3O. The van der Waals surface area contributed by atoms with Gasteiger partial charge >= 0.3 is 0 Å². The second-order valence-corrected chi connectivity index (χ2v) is 5.59. The van der Waals surface area contributed by atoms with E-state index in [2.05, 4.69) is 35.3 Å². The van der Waals surface area contributed by atoms with Gasteiger partial charge in [-0.05, 0) is 29.7 Å². The number of halogens is 1. The van der Waals surface area contributed by atoms with Crippen molar-refractivity contribution in [3.8, 4) is 0 Å². The highest BCUT2D eigenvalue weighted by molar-refractivity contribution is 5.92. The van der Waals surface area contributed by atoms with Crippen molar-refractivity contribution in [3.05, 3.63) is 65.7 Å². The Morgan fingerprint density at radius 1 is 1.08 bits per heavy atom. The highest BCUT2D eigenvalue weighted by Crippen LogP contribution is 2.11. The summed E-state index contributed by atoms with van der Waals surface area (Å²) in [5, 5.41) is 2.97. The molecule has 0 aliphatic heterocycles. The number of rotatable bonds is 8. The fourth-order valence-electron chi connectivity index (χ4n) is 2.51. The van der Waals surface area contributed by atoms with E-state index in [4.69, 9.17) is 5.73 Å². The number of aryl methyl sites for hydroxylation is 1. The van der Waals surface area contributed by atoms with Gasteiger partial charge in [0, 0.05) is 25.3 Å². The molecule has 0 atom stereocenters. The Labute approximate surface area is 150 Å². The van der Waals surface area contributed by atoms with Gasteiger partial charge in [0.2, 0.25) is 5.91 Å². The van der Waals surface area contributed by atoms with Crippen molar-refractivity contribution in [3.63, 3.8) is 0 Å². The maximum absolute atomic E-state index is 12.3. The largest absolute Gasteiger partial charge is 0.329 e. The predicted octanol–water partition coefficient (Wildman–Crippen LogP) is 3.07. The normalized spacial score (nSPS) is 10.3. The van der Waals surface area contributed by atoms with Crippen LogP contribution in [-0.2, 0) is 17.8 Å². The van der Waals surface area contributed by atoms with E-state index in [1.807, 2.05) is 36.4 Å². The first-order valence-corrected chi connectivity index (χ1v) is 8.06. The standard InChI is InChI=1S/C19H25N3O.ClH/c1-2-16-9-6-10-18(13-16)21-19(23)15-22(12-11-20)14-17-7-4-3-5-8-17;/h3-10,13H,2,11-12,14-15,20H2,1H3,(H,21,23);1H. The number of anilines is 1. The first-order chi connectivity index (χ1) is 11.2. The number of hydrogen-bond donors (Lipinski definition) is 2. The molecule has 0 aliphatic rings. The summed E-state index contributed by atoms with van der Waals surface area (Å²) in [6.45, 7) is 4.38. The molecule has 2 aromatic carbocycles. The van der Waals surface area contributed by atoms with Crippen LogP contribution in [-0.4, -0.2) is 30.4 Å². The molecule has 0 heterocycles. The number of carbonyl (C=O) groups excluding carboxylic acids is 1. The topological polar surface area (TPSA) is 58.4 Å². The van der Waals surface area contributed by atoms with E-state index in [1.54, 1.807) is 0 Å². The van der Waals surface area contributed by atoms with Gasteiger partial charge < -0.3 is 11.1 Å². The SMILES string of the molecule is CCc1cccc(NC(=O)CN(CCN)Cc2ccccc2)c1.Cl. The molecule has 4 nitrogen and oxygen atoms in total. The van der Waals surface area contributed by atoms with Crippen molar-refractivity contribution >= 4 is 24.0 Å². The highest BCUT2D eigenvalue weighted by atomic mass is 35.5. The zero-order valence-corrected chi connectivity index (χ0v) is 14.9. The number of benzene rings is 2. The van der Waals surface area contributed by atoms with Crippen LogP contribution in [0.25, 0.3) is 0 Å². The number of carbonyl (C=O) groups is 1. The van der Waals surface area contributed by atoms with Crippen molar-refractivity contribution in [1.29, 1.82) is 0 Å². The van der Waals surface area contributed by atoms with Crippen molar-refractivity contribution in [2.45, 2.75) is 19.9 Å². The van der Waals surface area contributed by atoms with Crippen LogP contribution in [0.3, 0.4) is 0 Å². The monoisotopic (exact) mass is 347 g/mol. The van der Waals surface area contributed by atoms with E-state index in [9.17, 15) is 4.79 Å². The number of nitrogens with one attached hydrogen (secondary N) is 1. The van der Waals surface area contributed by atoms with Crippen LogP contribution >= 0.6 is 12.4 Å². The first kappa shape index (κ1) is 20.2. The van der Waals surface area contributed by atoms with Crippen LogP contribution in [0.4, 0.5) is 5.69 Å².